The van der Waals surface area contributed by atoms with E-state index in [-0.39, 0.29) is 11.4 Å². The van der Waals surface area contributed by atoms with Crippen LogP contribution in [0.3, 0.4) is 0 Å². The molecule has 0 aliphatic rings. The number of nitrogens with one attached hydrogen (secondary N) is 1. The second-order valence-corrected chi connectivity index (χ2v) is 5.81. The van der Waals surface area contributed by atoms with Crippen molar-refractivity contribution in [1.29, 1.82) is 0 Å². The van der Waals surface area contributed by atoms with E-state index >= 15 is 0 Å². The van der Waals surface area contributed by atoms with Crippen LogP contribution in [0.15, 0.2) is 33.6 Å². The van der Waals surface area contributed by atoms with Crippen LogP contribution in [0.25, 0.3) is 5.82 Å². The summed E-state index contributed by atoms with van der Waals surface area (Å²) in [5, 5.41) is 14.9. The van der Waals surface area contributed by atoms with Gasteiger partial charge in [-0.3, -0.25) is 14.9 Å². The molecule has 3 rings (SSSR count). The van der Waals surface area contributed by atoms with Crippen LogP contribution in [0.1, 0.15) is 30.0 Å². The zero-order chi connectivity index (χ0) is 18.1. The monoisotopic (exact) mass is 342 g/mol. The first kappa shape index (κ1) is 16.6. The molecule has 0 fully saturated rings. The minimum atomic E-state index is -0.838. The van der Waals surface area contributed by atoms with Gasteiger partial charge in [0.15, 0.2) is 5.82 Å². The number of nitrogens with zero attached hydrogens (tertiary/aromatic N) is 5. The van der Waals surface area contributed by atoms with Gasteiger partial charge in [0.2, 0.25) is 5.88 Å². The van der Waals surface area contributed by atoms with E-state index in [0.29, 0.717) is 11.5 Å². The molecule has 25 heavy (non-hydrogen) atoms. The summed E-state index contributed by atoms with van der Waals surface area (Å²) in [6.07, 6.45) is 0. The normalized spacial score (nSPS) is 12.2. The molecule has 0 saturated heterocycles. The number of rotatable bonds is 4. The average Bonchev–Trinajstić information content (AvgIpc) is 3.12. The van der Waals surface area contributed by atoms with E-state index in [4.69, 9.17) is 4.52 Å². The van der Waals surface area contributed by atoms with Crippen LogP contribution in [0.2, 0.25) is 0 Å². The Kier molecular flexibility index (Phi) is 4.22. The third-order valence-electron chi connectivity index (χ3n) is 3.66. The summed E-state index contributed by atoms with van der Waals surface area (Å²) >= 11 is 0. The van der Waals surface area contributed by atoms with E-state index in [9.17, 15) is 9.59 Å². The molecule has 0 spiro atoms. The summed E-state index contributed by atoms with van der Waals surface area (Å²) in [7, 11) is 0. The fraction of sp³-hybridized carbons (Fsp3) is 0.312. The first-order chi connectivity index (χ1) is 11.8. The Morgan fingerprint density at radius 3 is 2.52 bits per heavy atom. The van der Waals surface area contributed by atoms with Crippen molar-refractivity contribution in [2.45, 2.75) is 33.7 Å². The molecule has 1 unspecified atom stereocenters. The number of anilines is 1. The van der Waals surface area contributed by atoms with E-state index in [2.05, 4.69) is 20.7 Å². The maximum absolute atomic E-state index is 12.4. The molecule has 0 aliphatic carbocycles. The van der Waals surface area contributed by atoms with Gasteiger partial charge in [0.1, 0.15) is 6.04 Å². The first-order valence-corrected chi connectivity index (χ1v) is 7.73. The molecule has 1 atom stereocenters. The lowest BCUT2D eigenvalue weighted by Crippen LogP contribution is -2.33. The number of aryl methyl sites for hydroxylation is 3. The zero-order valence-corrected chi connectivity index (χ0v) is 14.3. The third-order valence-corrected chi connectivity index (χ3v) is 3.66. The standard InChI is InChI=1S/C16H18N6O3/c1-9-7-11(3)21(18-9)13-5-6-15(23)22(19-13)12(4)16(24)17-14-8-10(2)20-25-14/h5-8,12H,1-4H3,(H,17,24). The average molecular weight is 342 g/mol. The van der Waals surface area contributed by atoms with Crippen LogP contribution >= 0.6 is 0 Å². The summed E-state index contributed by atoms with van der Waals surface area (Å²) in [5.74, 6) is 0.244. The Balaban J connectivity index is 1.90. The highest BCUT2D eigenvalue weighted by Gasteiger charge is 2.20. The van der Waals surface area contributed by atoms with Crippen LogP contribution < -0.4 is 10.9 Å². The van der Waals surface area contributed by atoms with Crippen molar-refractivity contribution in [2.24, 2.45) is 0 Å². The lowest BCUT2D eigenvalue weighted by molar-refractivity contribution is -0.119. The number of hydrogen-bond donors (Lipinski definition) is 1. The summed E-state index contributed by atoms with van der Waals surface area (Å²) in [4.78, 5) is 24.5. The Labute approximate surface area is 143 Å². The molecule has 0 bridgehead atoms. The highest BCUT2D eigenvalue weighted by atomic mass is 16.5. The van der Waals surface area contributed by atoms with Gasteiger partial charge in [0.25, 0.3) is 11.5 Å². The number of hydrogen-bond acceptors (Lipinski definition) is 6. The molecule has 3 aromatic heterocycles. The molecule has 0 aliphatic heterocycles. The van der Waals surface area contributed by atoms with Crippen LogP contribution in [0.4, 0.5) is 5.88 Å². The predicted molar refractivity (Wildman–Crippen MR) is 89.7 cm³/mol. The van der Waals surface area contributed by atoms with Gasteiger partial charge in [-0.1, -0.05) is 5.16 Å². The van der Waals surface area contributed by atoms with Crippen LogP contribution in [0.5, 0.6) is 0 Å². The van der Waals surface area contributed by atoms with Crippen LogP contribution in [-0.2, 0) is 4.79 Å². The van der Waals surface area contributed by atoms with Crippen molar-refractivity contribution < 1.29 is 9.32 Å². The zero-order valence-electron chi connectivity index (χ0n) is 14.3. The fourth-order valence-corrected chi connectivity index (χ4v) is 2.43. The second kappa shape index (κ2) is 6.34. The van der Waals surface area contributed by atoms with Gasteiger partial charge < -0.3 is 4.52 Å². The van der Waals surface area contributed by atoms with E-state index in [1.54, 1.807) is 30.7 Å². The number of carbonyl (C=O) groups is 1. The molecule has 0 saturated carbocycles. The number of aromatic nitrogens is 5. The molecular formula is C16H18N6O3. The van der Waals surface area contributed by atoms with Gasteiger partial charge >= 0.3 is 0 Å². The topological polar surface area (TPSA) is 108 Å². The highest BCUT2D eigenvalue weighted by molar-refractivity contribution is 5.92. The Morgan fingerprint density at radius 1 is 1.16 bits per heavy atom. The lowest BCUT2D eigenvalue weighted by atomic mass is 10.3. The third kappa shape index (κ3) is 3.35. The van der Waals surface area contributed by atoms with E-state index < -0.39 is 11.9 Å². The molecule has 9 nitrogen and oxygen atoms in total. The quantitative estimate of drug-likeness (QED) is 0.770. The van der Waals surface area contributed by atoms with Gasteiger partial charge in [0.05, 0.1) is 11.4 Å². The largest absolute Gasteiger partial charge is 0.338 e. The van der Waals surface area contributed by atoms with Crippen molar-refractivity contribution in [3.63, 3.8) is 0 Å². The Morgan fingerprint density at radius 2 is 1.92 bits per heavy atom. The molecule has 3 aromatic rings. The fourth-order valence-electron chi connectivity index (χ4n) is 2.43. The summed E-state index contributed by atoms with van der Waals surface area (Å²) in [6.45, 7) is 7.08. The maximum atomic E-state index is 12.4. The molecular weight excluding hydrogens is 324 g/mol. The molecule has 0 radical (unpaired) electrons. The van der Waals surface area contributed by atoms with Crippen LogP contribution in [0, 0.1) is 20.8 Å². The number of carbonyl (C=O) groups excluding carboxylic acids is 1. The molecule has 3 heterocycles. The lowest BCUT2D eigenvalue weighted by Gasteiger charge is -2.14. The SMILES string of the molecule is Cc1cc(NC(=O)C(C)n2nc(-n3nc(C)cc3C)ccc2=O)on1. The minimum absolute atomic E-state index is 0.220. The smallest absolute Gasteiger partial charge is 0.267 e. The van der Waals surface area contributed by atoms with E-state index in [1.165, 1.54) is 6.07 Å². The molecule has 130 valence electrons. The van der Waals surface area contributed by atoms with E-state index in [1.807, 2.05) is 19.9 Å². The Hall–Kier alpha value is -3.23. The van der Waals surface area contributed by atoms with Crippen molar-refractivity contribution in [3.05, 3.63) is 51.7 Å². The van der Waals surface area contributed by atoms with Gasteiger partial charge in [-0.25, -0.2) is 9.36 Å². The maximum Gasteiger partial charge on any atom is 0.267 e. The second-order valence-electron chi connectivity index (χ2n) is 5.81. The van der Waals surface area contributed by atoms with Crippen molar-refractivity contribution in [1.82, 2.24) is 24.7 Å². The molecule has 1 N–H and O–H groups in total. The van der Waals surface area contributed by atoms with Gasteiger partial charge in [0, 0.05) is 17.8 Å². The predicted octanol–water partition coefficient (Wildman–Crippen LogP) is 1.54. The molecule has 1 amide bonds. The Bertz CT molecular complexity index is 984. The summed E-state index contributed by atoms with van der Waals surface area (Å²) in [5.41, 5.74) is 1.97. The van der Waals surface area contributed by atoms with Crippen molar-refractivity contribution in [2.75, 3.05) is 5.32 Å². The summed E-state index contributed by atoms with van der Waals surface area (Å²) < 4.78 is 7.70. The van der Waals surface area contributed by atoms with Crippen LogP contribution in [-0.4, -0.2) is 30.6 Å². The number of amides is 1. The van der Waals surface area contributed by atoms with Crippen molar-refractivity contribution >= 4 is 11.8 Å². The van der Waals surface area contributed by atoms with E-state index in [0.717, 1.165) is 16.1 Å². The first-order valence-electron chi connectivity index (χ1n) is 7.73. The molecule has 9 heteroatoms. The van der Waals surface area contributed by atoms with Gasteiger partial charge in [-0.05, 0) is 39.8 Å². The molecule has 0 aromatic carbocycles. The van der Waals surface area contributed by atoms with Crippen molar-refractivity contribution in [3.8, 4) is 5.82 Å². The van der Waals surface area contributed by atoms with Gasteiger partial charge in [-0.15, -0.1) is 5.10 Å². The van der Waals surface area contributed by atoms with Gasteiger partial charge in [-0.2, -0.15) is 5.10 Å². The summed E-state index contributed by atoms with van der Waals surface area (Å²) in [6, 6.07) is 5.59. The highest BCUT2D eigenvalue weighted by Crippen LogP contribution is 2.13. The minimum Gasteiger partial charge on any atom is -0.338 e.